The van der Waals surface area contributed by atoms with Gasteiger partial charge < -0.3 is 5.11 Å². The average molecular weight is 299 g/mol. The van der Waals surface area contributed by atoms with Crippen LogP contribution in [-0.4, -0.2) is 48.6 Å². The maximum atomic E-state index is 11.4. The zero-order chi connectivity index (χ0) is 14.6. The first kappa shape index (κ1) is 15.2. The van der Waals surface area contributed by atoms with Crippen LogP contribution in [0, 0.1) is 0 Å². The number of aliphatic carboxylic acids is 1. The molecule has 1 unspecified atom stereocenters. The molecule has 0 radical (unpaired) electrons. The molecule has 0 spiro atoms. The lowest BCUT2D eigenvalue weighted by atomic mass is 9.95. The second-order valence-electron chi connectivity index (χ2n) is 5.45. The van der Waals surface area contributed by atoms with E-state index in [1.54, 1.807) is 23.4 Å². The van der Waals surface area contributed by atoms with Gasteiger partial charge in [0, 0.05) is 18.8 Å². The van der Waals surface area contributed by atoms with E-state index in [4.69, 9.17) is 0 Å². The van der Waals surface area contributed by atoms with Crippen LogP contribution in [0.5, 0.6) is 0 Å². The van der Waals surface area contributed by atoms with Crippen molar-refractivity contribution < 1.29 is 9.90 Å². The number of tetrazole rings is 1. The van der Waals surface area contributed by atoms with Crippen LogP contribution < -0.4 is 5.32 Å². The summed E-state index contributed by atoms with van der Waals surface area (Å²) in [6, 6.07) is 0.398. The van der Waals surface area contributed by atoms with Crippen molar-refractivity contribution in [1.82, 2.24) is 25.5 Å². The number of aryl methyl sites for hydroxylation is 1. The summed E-state index contributed by atoms with van der Waals surface area (Å²) >= 11 is 1.60. The summed E-state index contributed by atoms with van der Waals surface area (Å²) in [6.07, 6.45) is 4.67. The van der Waals surface area contributed by atoms with Crippen LogP contribution in [0.3, 0.4) is 0 Å². The van der Waals surface area contributed by atoms with E-state index in [1.807, 2.05) is 7.05 Å². The van der Waals surface area contributed by atoms with Crippen molar-refractivity contribution in [3.05, 3.63) is 0 Å². The van der Waals surface area contributed by atoms with E-state index in [1.165, 1.54) is 0 Å². The summed E-state index contributed by atoms with van der Waals surface area (Å²) in [6.45, 7) is 1.79. The molecule has 1 aromatic rings. The topological polar surface area (TPSA) is 92.9 Å². The summed E-state index contributed by atoms with van der Waals surface area (Å²) in [5, 5.41) is 24.6. The lowest BCUT2D eigenvalue weighted by Crippen LogP contribution is -2.50. The van der Waals surface area contributed by atoms with Gasteiger partial charge in [0.1, 0.15) is 5.54 Å². The first-order valence-electron chi connectivity index (χ1n) is 6.87. The van der Waals surface area contributed by atoms with Crippen molar-refractivity contribution in [3.63, 3.8) is 0 Å². The smallest absolute Gasteiger partial charge is 0.323 e. The Bertz CT molecular complexity index is 462. The Kier molecular flexibility index (Phi) is 4.98. The number of unbranched alkanes of at least 4 members (excludes halogenated alkanes) is 1. The average Bonchev–Trinajstić information content (AvgIpc) is 3.10. The molecule has 1 atom stereocenters. The molecule has 7 nitrogen and oxygen atoms in total. The van der Waals surface area contributed by atoms with Crippen LogP contribution in [-0.2, 0) is 11.8 Å². The van der Waals surface area contributed by atoms with E-state index in [0.29, 0.717) is 12.5 Å². The standard InChI is InChI=1S/C12H21N5O2S/c1-12(10(18)19,13-9-5-6-9)7-3-4-8-20-11-14-15-16-17(11)2/h9,13H,3-8H2,1-2H3,(H,18,19). The molecule has 0 aromatic carbocycles. The predicted molar refractivity (Wildman–Crippen MR) is 75.6 cm³/mol. The molecule has 8 heteroatoms. The molecule has 112 valence electrons. The van der Waals surface area contributed by atoms with Crippen LogP contribution in [0.25, 0.3) is 0 Å². The van der Waals surface area contributed by atoms with Crippen molar-refractivity contribution in [2.75, 3.05) is 5.75 Å². The summed E-state index contributed by atoms with van der Waals surface area (Å²) in [4.78, 5) is 11.4. The summed E-state index contributed by atoms with van der Waals surface area (Å²) in [7, 11) is 1.81. The minimum Gasteiger partial charge on any atom is -0.480 e. The lowest BCUT2D eigenvalue weighted by molar-refractivity contribution is -0.144. The number of hydrogen-bond acceptors (Lipinski definition) is 6. The number of nitrogens with zero attached hydrogens (tertiary/aromatic N) is 4. The number of carboxylic acids is 1. The van der Waals surface area contributed by atoms with Gasteiger partial charge in [-0.2, -0.15) is 0 Å². The molecule has 0 amide bonds. The van der Waals surface area contributed by atoms with Crippen molar-refractivity contribution >= 4 is 17.7 Å². The number of carboxylic acid groups (broad SMARTS) is 1. The van der Waals surface area contributed by atoms with Crippen LogP contribution >= 0.6 is 11.8 Å². The normalized spacial score (nSPS) is 17.9. The van der Waals surface area contributed by atoms with Gasteiger partial charge in [-0.3, -0.25) is 10.1 Å². The summed E-state index contributed by atoms with van der Waals surface area (Å²) < 4.78 is 1.64. The molecule has 1 fully saturated rings. The van der Waals surface area contributed by atoms with E-state index in [0.717, 1.165) is 36.6 Å². The fourth-order valence-corrected chi connectivity index (χ4v) is 2.86. The van der Waals surface area contributed by atoms with Gasteiger partial charge in [-0.25, -0.2) is 4.68 Å². The Morgan fingerprint density at radius 2 is 2.30 bits per heavy atom. The Morgan fingerprint density at radius 3 is 2.85 bits per heavy atom. The number of aromatic nitrogens is 4. The Balaban J connectivity index is 1.68. The van der Waals surface area contributed by atoms with E-state index >= 15 is 0 Å². The van der Waals surface area contributed by atoms with Crippen LogP contribution in [0.1, 0.15) is 39.0 Å². The minimum absolute atomic E-state index is 0.398. The number of rotatable bonds is 9. The highest BCUT2D eigenvalue weighted by Gasteiger charge is 2.37. The second kappa shape index (κ2) is 6.53. The SMILES string of the molecule is Cn1nnnc1SCCCCC(C)(NC1CC1)C(=O)O. The van der Waals surface area contributed by atoms with Crippen molar-refractivity contribution in [2.45, 2.75) is 55.8 Å². The van der Waals surface area contributed by atoms with Crippen molar-refractivity contribution in [1.29, 1.82) is 0 Å². The van der Waals surface area contributed by atoms with Crippen LogP contribution in [0.2, 0.25) is 0 Å². The Labute approximate surface area is 122 Å². The van der Waals surface area contributed by atoms with E-state index in [2.05, 4.69) is 20.8 Å². The lowest BCUT2D eigenvalue weighted by Gasteiger charge is -2.26. The molecule has 1 aliphatic rings. The highest BCUT2D eigenvalue weighted by Crippen LogP contribution is 2.26. The molecular formula is C12H21N5O2S. The van der Waals surface area contributed by atoms with Crippen molar-refractivity contribution in [3.8, 4) is 0 Å². The number of carbonyl (C=O) groups is 1. The first-order chi connectivity index (χ1) is 9.51. The highest BCUT2D eigenvalue weighted by atomic mass is 32.2. The van der Waals surface area contributed by atoms with E-state index < -0.39 is 11.5 Å². The second-order valence-corrected chi connectivity index (χ2v) is 6.51. The zero-order valence-electron chi connectivity index (χ0n) is 11.9. The van der Waals surface area contributed by atoms with Crippen LogP contribution in [0.4, 0.5) is 0 Å². The number of nitrogens with one attached hydrogen (secondary N) is 1. The van der Waals surface area contributed by atoms with Crippen molar-refractivity contribution in [2.24, 2.45) is 7.05 Å². The molecule has 2 N–H and O–H groups in total. The molecule has 1 heterocycles. The number of hydrogen-bond donors (Lipinski definition) is 2. The maximum Gasteiger partial charge on any atom is 0.323 e. The molecule has 2 rings (SSSR count). The van der Waals surface area contributed by atoms with Gasteiger partial charge in [0.25, 0.3) is 0 Å². The summed E-state index contributed by atoms with van der Waals surface area (Å²) in [5.41, 5.74) is -0.793. The third-order valence-electron chi connectivity index (χ3n) is 3.46. The Hall–Kier alpha value is -1.15. The van der Waals surface area contributed by atoms with Gasteiger partial charge in [0.15, 0.2) is 0 Å². The molecule has 20 heavy (non-hydrogen) atoms. The third-order valence-corrected chi connectivity index (χ3v) is 4.55. The van der Waals surface area contributed by atoms with Gasteiger partial charge in [-0.15, -0.1) is 5.10 Å². The fourth-order valence-electron chi connectivity index (χ4n) is 2.01. The number of thioether (sulfide) groups is 1. The maximum absolute atomic E-state index is 11.4. The predicted octanol–water partition coefficient (Wildman–Crippen LogP) is 1.07. The molecule has 1 aromatic heterocycles. The molecule has 1 aliphatic carbocycles. The fraction of sp³-hybridized carbons (Fsp3) is 0.833. The molecule has 0 bridgehead atoms. The minimum atomic E-state index is -0.793. The molecule has 0 aliphatic heterocycles. The van der Waals surface area contributed by atoms with Gasteiger partial charge >= 0.3 is 5.97 Å². The first-order valence-corrected chi connectivity index (χ1v) is 7.86. The van der Waals surface area contributed by atoms with E-state index in [-0.39, 0.29) is 0 Å². The van der Waals surface area contributed by atoms with Crippen LogP contribution in [0.15, 0.2) is 5.16 Å². The quantitative estimate of drug-likeness (QED) is 0.520. The molecule has 0 saturated heterocycles. The monoisotopic (exact) mass is 299 g/mol. The zero-order valence-corrected chi connectivity index (χ0v) is 12.7. The molecule has 1 saturated carbocycles. The Morgan fingerprint density at radius 1 is 1.55 bits per heavy atom. The largest absolute Gasteiger partial charge is 0.480 e. The van der Waals surface area contributed by atoms with Gasteiger partial charge in [0.2, 0.25) is 5.16 Å². The van der Waals surface area contributed by atoms with E-state index in [9.17, 15) is 9.90 Å². The van der Waals surface area contributed by atoms with Gasteiger partial charge in [-0.05, 0) is 43.0 Å². The van der Waals surface area contributed by atoms with Gasteiger partial charge in [0.05, 0.1) is 0 Å². The highest BCUT2D eigenvalue weighted by molar-refractivity contribution is 7.99. The van der Waals surface area contributed by atoms with Gasteiger partial charge in [-0.1, -0.05) is 18.2 Å². The molecular weight excluding hydrogens is 278 g/mol. The third kappa shape index (κ3) is 4.17. The summed E-state index contributed by atoms with van der Waals surface area (Å²) in [5.74, 6) is 0.141.